The fourth-order valence-corrected chi connectivity index (χ4v) is 3.02. The Morgan fingerprint density at radius 3 is 2.94 bits per heavy atom. The molecule has 1 aromatic carbocycles. The van der Waals surface area contributed by atoms with Crippen LogP contribution < -0.4 is 5.32 Å². The Hall–Kier alpha value is -1.68. The van der Waals surface area contributed by atoms with Gasteiger partial charge in [-0.05, 0) is 36.9 Å². The van der Waals surface area contributed by atoms with Crippen molar-refractivity contribution in [3.05, 3.63) is 47.3 Å². The summed E-state index contributed by atoms with van der Waals surface area (Å²) in [6.07, 6.45) is 4.11. The Labute approximate surface area is 107 Å². The van der Waals surface area contributed by atoms with Crippen LogP contribution in [0.2, 0.25) is 0 Å². The van der Waals surface area contributed by atoms with E-state index in [9.17, 15) is 0 Å². The topological polar surface area (TPSA) is 42.7 Å². The largest absolute Gasteiger partial charge is 0.313 e. The van der Waals surface area contributed by atoms with Crippen molar-refractivity contribution in [2.45, 2.75) is 18.9 Å². The van der Waals surface area contributed by atoms with Crippen molar-refractivity contribution in [2.75, 3.05) is 7.05 Å². The molecule has 4 nitrogen and oxygen atoms in total. The standard InChI is InChI=1S/C14H18N4/c1-15-14-11(8-12-9-18(2)17-16-12)7-10-5-3-4-6-13(10)14/h3-6,9,11,14-15H,7-8H2,1-2H3. The van der Waals surface area contributed by atoms with E-state index in [1.165, 1.54) is 11.1 Å². The molecule has 1 aliphatic rings. The number of benzene rings is 1. The molecule has 2 aromatic rings. The van der Waals surface area contributed by atoms with Gasteiger partial charge in [-0.15, -0.1) is 5.10 Å². The maximum Gasteiger partial charge on any atom is 0.0830 e. The third-order valence-corrected chi connectivity index (χ3v) is 3.78. The maximum absolute atomic E-state index is 4.20. The lowest BCUT2D eigenvalue weighted by molar-refractivity contribution is 0.407. The Morgan fingerprint density at radius 1 is 1.39 bits per heavy atom. The zero-order valence-corrected chi connectivity index (χ0v) is 10.8. The second-order valence-electron chi connectivity index (χ2n) is 5.02. The molecule has 3 rings (SSSR count). The molecule has 4 heteroatoms. The molecule has 1 aliphatic carbocycles. The zero-order valence-electron chi connectivity index (χ0n) is 10.8. The minimum absolute atomic E-state index is 0.434. The van der Waals surface area contributed by atoms with Gasteiger partial charge >= 0.3 is 0 Å². The molecular weight excluding hydrogens is 224 g/mol. The molecule has 0 radical (unpaired) electrons. The van der Waals surface area contributed by atoms with Crippen LogP contribution in [0.15, 0.2) is 30.5 Å². The number of nitrogens with one attached hydrogen (secondary N) is 1. The van der Waals surface area contributed by atoms with Gasteiger partial charge in [0, 0.05) is 19.3 Å². The molecule has 18 heavy (non-hydrogen) atoms. The van der Waals surface area contributed by atoms with E-state index in [-0.39, 0.29) is 0 Å². The quantitative estimate of drug-likeness (QED) is 0.886. The van der Waals surface area contributed by atoms with Crippen LogP contribution in [0.5, 0.6) is 0 Å². The lowest BCUT2D eigenvalue weighted by Crippen LogP contribution is -2.23. The number of fused-ring (bicyclic) bond motifs is 1. The Balaban J connectivity index is 1.83. The number of aromatic nitrogens is 3. The second-order valence-corrected chi connectivity index (χ2v) is 5.02. The first-order valence-electron chi connectivity index (χ1n) is 6.38. The molecule has 0 fully saturated rings. The van der Waals surface area contributed by atoms with E-state index in [0.717, 1.165) is 18.5 Å². The fraction of sp³-hybridized carbons (Fsp3) is 0.429. The van der Waals surface area contributed by atoms with Crippen molar-refractivity contribution in [1.29, 1.82) is 0 Å². The fourth-order valence-electron chi connectivity index (χ4n) is 3.02. The molecule has 1 heterocycles. The molecule has 2 atom stereocenters. The monoisotopic (exact) mass is 242 g/mol. The number of aryl methyl sites for hydroxylation is 1. The van der Waals surface area contributed by atoms with Crippen molar-refractivity contribution < 1.29 is 0 Å². The van der Waals surface area contributed by atoms with Crippen LogP contribution in [0, 0.1) is 5.92 Å². The summed E-state index contributed by atoms with van der Waals surface area (Å²) in [5.74, 6) is 0.573. The highest BCUT2D eigenvalue weighted by atomic mass is 15.4. The van der Waals surface area contributed by atoms with Gasteiger partial charge in [0.25, 0.3) is 0 Å². The molecule has 2 unspecified atom stereocenters. The van der Waals surface area contributed by atoms with Crippen molar-refractivity contribution in [3.8, 4) is 0 Å². The number of nitrogens with zero attached hydrogens (tertiary/aromatic N) is 3. The summed E-state index contributed by atoms with van der Waals surface area (Å²) in [4.78, 5) is 0. The van der Waals surface area contributed by atoms with Gasteiger partial charge in [0.1, 0.15) is 0 Å². The van der Waals surface area contributed by atoms with Crippen LogP contribution in [0.25, 0.3) is 0 Å². The van der Waals surface area contributed by atoms with Crippen molar-refractivity contribution in [3.63, 3.8) is 0 Å². The van der Waals surface area contributed by atoms with E-state index < -0.39 is 0 Å². The predicted molar refractivity (Wildman–Crippen MR) is 70.1 cm³/mol. The third-order valence-electron chi connectivity index (χ3n) is 3.78. The van der Waals surface area contributed by atoms with Gasteiger partial charge in [0.15, 0.2) is 0 Å². The van der Waals surface area contributed by atoms with Crippen molar-refractivity contribution >= 4 is 0 Å². The normalized spacial score (nSPS) is 22.1. The van der Waals surface area contributed by atoms with Gasteiger partial charge < -0.3 is 5.32 Å². The summed E-state index contributed by atoms with van der Waals surface area (Å²) in [7, 11) is 3.95. The third kappa shape index (κ3) is 1.93. The molecular formula is C14H18N4. The Kier molecular flexibility index (Phi) is 2.88. The van der Waals surface area contributed by atoms with Gasteiger partial charge in [-0.25, -0.2) is 0 Å². The highest BCUT2D eigenvalue weighted by Gasteiger charge is 2.31. The lowest BCUT2D eigenvalue weighted by atomic mass is 9.96. The van der Waals surface area contributed by atoms with Crippen LogP contribution >= 0.6 is 0 Å². The van der Waals surface area contributed by atoms with Crippen molar-refractivity contribution in [2.24, 2.45) is 13.0 Å². The van der Waals surface area contributed by atoms with E-state index in [1.54, 1.807) is 4.68 Å². The second kappa shape index (κ2) is 4.53. The minimum Gasteiger partial charge on any atom is -0.313 e. The molecule has 94 valence electrons. The zero-order chi connectivity index (χ0) is 12.5. The summed E-state index contributed by atoms with van der Waals surface area (Å²) in [6.45, 7) is 0. The number of rotatable bonds is 3. The maximum atomic E-state index is 4.20. The minimum atomic E-state index is 0.434. The Bertz CT molecular complexity index is 546. The van der Waals surface area contributed by atoms with Crippen LogP contribution in [0.1, 0.15) is 22.9 Å². The van der Waals surface area contributed by atoms with Gasteiger partial charge in [-0.1, -0.05) is 29.5 Å². The first-order valence-corrected chi connectivity index (χ1v) is 6.38. The molecule has 0 spiro atoms. The number of hydrogen-bond donors (Lipinski definition) is 1. The molecule has 0 bridgehead atoms. The first-order chi connectivity index (χ1) is 8.78. The molecule has 0 saturated heterocycles. The summed E-state index contributed by atoms with van der Waals surface area (Å²) in [6, 6.07) is 9.14. The van der Waals surface area contributed by atoms with E-state index in [2.05, 4.69) is 39.9 Å². The van der Waals surface area contributed by atoms with Gasteiger partial charge in [-0.3, -0.25) is 4.68 Å². The smallest absolute Gasteiger partial charge is 0.0830 e. The number of hydrogen-bond acceptors (Lipinski definition) is 3. The average molecular weight is 242 g/mol. The molecule has 1 N–H and O–H groups in total. The van der Waals surface area contributed by atoms with E-state index in [4.69, 9.17) is 0 Å². The molecule has 1 aromatic heterocycles. The average Bonchev–Trinajstić information content (AvgIpc) is 2.92. The molecule has 0 amide bonds. The highest BCUT2D eigenvalue weighted by Crippen LogP contribution is 2.37. The van der Waals surface area contributed by atoms with Gasteiger partial charge in [-0.2, -0.15) is 0 Å². The highest BCUT2D eigenvalue weighted by molar-refractivity contribution is 5.36. The van der Waals surface area contributed by atoms with Crippen LogP contribution in [0.3, 0.4) is 0 Å². The molecule has 0 aliphatic heterocycles. The lowest BCUT2D eigenvalue weighted by Gasteiger charge is -2.18. The van der Waals surface area contributed by atoms with Gasteiger partial charge in [0.2, 0.25) is 0 Å². The van der Waals surface area contributed by atoms with Gasteiger partial charge in [0.05, 0.1) is 5.69 Å². The van der Waals surface area contributed by atoms with Crippen molar-refractivity contribution in [1.82, 2.24) is 20.3 Å². The van der Waals surface area contributed by atoms with Crippen LogP contribution in [-0.4, -0.2) is 22.0 Å². The van der Waals surface area contributed by atoms with E-state index in [0.29, 0.717) is 12.0 Å². The first kappa shape index (κ1) is 11.4. The Morgan fingerprint density at radius 2 is 2.22 bits per heavy atom. The molecule has 0 saturated carbocycles. The van der Waals surface area contributed by atoms with E-state index in [1.807, 2.05) is 20.3 Å². The summed E-state index contributed by atoms with van der Waals surface area (Å²) in [5, 5.41) is 11.6. The SMILES string of the molecule is CNC1c2ccccc2CC1Cc1cn(C)nn1. The van der Waals surface area contributed by atoms with Crippen LogP contribution in [0.4, 0.5) is 0 Å². The van der Waals surface area contributed by atoms with E-state index >= 15 is 0 Å². The summed E-state index contributed by atoms with van der Waals surface area (Å²) >= 11 is 0. The van der Waals surface area contributed by atoms with Crippen LogP contribution in [-0.2, 0) is 19.9 Å². The predicted octanol–water partition coefficient (Wildman–Crippen LogP) is 1.49. The summed E-state index contributed by atoms with van der Waals surface area (Å²) < 4.78 is 1.77. The summed E-state index contributed by atoms with van der Waals surface area (Å²) in [5.41, 5.74) is 3.98.